The van der Waals surface area contributed by atoms with Crippen LogP contribution in [0.15, 0.2) is 70.4 Å². The largest absolute Gasteiger partial charge is 0.455 e. The van der Waals surface area contributed by atoms with E-state index in [2.05, 4.69) is 15.3 Å². The number of halogens is 1. The van der Waals surface area contributed by atoms with Crippen molar-refractivity contribution in [3.05, 3.63) is 93.3 Å². The van der Waals surface area contributed by atoms with Crippen molar-refractivity contribution in [2.75, 3.05) is 5.32 Å². The van der Waals surface area contributed by atoms with E-state index in [0.29, 0.717) is 27.4 Å². The number of pyridine rings is 2. The fourth-order valence-electron chi connectivity index (χ4n) is 4.07. The Bertz CT molecular complexity index is 1520. The maximum Gasteiger partial charge on any atom is 0.196 e. The Labute approximate surface area is 189 Å². The lowest BCUT2D eigenvalue weighted by molar-refractivity contribution is 0.605. The minimum Gasteiger partial charge on any atom is -0.455 e. The van der Waals surface area contributed by atoms with E-state index in [1.54, 1.807) is 25.5 Å². The van der Waals surface area contributed by atoms with E-state index < -0.39 is 0 Å². The molecule has 32 heavy (non-hydrogen) atoms. The second-order valence-corrected chi connectivity index (χ2v) is 8.30. The lowest BCUT2D eigenvalue weighted by atomic mass is 9.99. The highest BCUT2D eigenvalue weighted by molar-refractivity contribution is 6.29. The average molecular weight is 445 g/mol. The van der Waals surface area contributed by atoms with Gasteiger partial charge in [0, 0.05) is 41.5 Å². The molecule has 4 aromatic heterocycles. The van der Waals surface area contributed by atoms with Crippen molar-refractivity contribution in [1.82, 2.24) is 14.4 Å². The number of imidazole rings is 1. The summed E-state index contributed by atoms with van der Waals surface area (Å²) < 4.78 is 8.19. The van der Waals surface area contributed by atoms with Gasteiger partial charge in [0.25, 0.3) is 0 Å². The SMILES string of the molecule is Cc1cc(C(C)Nc2ccc(Cl)n3ccnc23)c2oc(-c3cccnc3)c(C)c(=O)c2c1. The van der Waals surface area contributed by atoms with Crippen molar-refractivity contribution in [1.29, 1.82) is 0 Å². The Hall–Kier alpha value is -3.64. The maximum absolute atomic E-state index is 13.3. The van der Waals surface area contributed by atoms with Crippen LogP contribution in [0.2, 0.25) is 5.15 Å². The summed E-state index contributed by atoms with van der Waals surface area (Å²) in [4.78, 5) is 21.9. The molecule has 1 N–H and O–H groups in total. The minimum absolute atomic E-state index is 0.0376. The molecule has 5 rings (SSSR count). The third-order valence-electron chi connectivity index (χ3n) is 5.65. The molecule has 0 radical (unpaired) electrons. The molecule has 4 heterocycles. The number of nitrogens with one attached hydrogen (secondary N) is 1. The zero-order valence-electron chi connectivity index (χ0n) is 17.9. The van der Waals surface area contributed by atoms with E-state index in [1.807, 2.05) is 60.8 Å². The lowest BCUT2D eigenvalue weighted by Gasteiger charge is -2.19. The number of rotatable bonds is 4. The van der Waals surface area contributed by atoms with E-state index in [-0.39, 0.29) is 11.5 Å². The second-order valence-electron chi connectivity index (χ2n) is 7.91. The quantitative estimate of drug-likeness (QED) is 0.347. The molecule has 0 saturated heterocycles. The van der Waals surface area contributed by atoms with Crippen molar-refractivity contribution in [2.24, 2.45) is 0 Å². The number of benzene rings is 1. The van der Waals surface area contributed by atoms with Crippen LogP contribution in [0.5, 0.6) is 0 Å². The van der Waals surface area contributed by atoms with Crippen molar-refractivity contribution >= 4 is 33.9 Å². The molecule has 6 nitrogen and oxygen atoms in total. The Kier molecular flexibility index (Phi) is 4.94. The summed E-state index contributed by atoms with van der Waals surface area (Å²) in [5.74, 6) is 0.537. The minimum atomic E-state index is -0.160. The number of aromatic nitrogens is 3. The highest BCUT2D eigenvalue weighted by Crippen LogP contribution is 2.32. The van der Waals surface area contributed by atoms with Crippen molar-refractivity contribution < 1.29 is 4.42 Å². The molecule has 0 amide bonds. The first-order valence-electron chi connectivity index (χ1n) is 10.3. The van der Waals surface area contributed by atoms with Crippen LogP contribution in [0.1, 0.15) is 29.7 Å². The summed E-state index contributed by atoms with van der Waals surface area (Å²) in [6.45, 7) is 5.81. The molecule has 0 fully saturated rings. The Morgan fingerprint density at radius 2 is 2.00 bits per heavy atom. The van der Waals surface area contributed by atoms with Gasteiger partial charge in [-0.15, -0.1) is 0 Å². The van der Waals surface area contributed by atoms with Crippen LogP contribution in [-0.2, 0) is 0 Å². The van der Waals surface area contributed by atoms with E-state index >= 15 is 0 Å². The Morgan fingerprint density at radius 1 is 1.16 bits per heavy atom. The number of hydrogen-bond acceptors (Lipinski definition) is 5. The molecule has 0 spiro atoms. The molecule has 160 valence electrons. The van der Waals surface area contributed by atoms with Crippen LogP contribution in [-0.4, -0.2) is 14.4 Å². The fourth-order valence-corrected chi connectivity index (χ4v) is 4.27. The van der Waals surface area contributed by atoms with Crippen molar-refractivity contribution in [3.8, 4) is 11.3 Å². The molecule has 0 aliphatic heterocycles. The molecular weight excluding hydrogens is 424 g/mol. The first-order valence-corrected chi connectivity index (χ1v) is 10.7. The van der Waals surface area contributed by atoms with Gasteiger partial charge in [-0.1, -0.05) is 17.7 Å². The number of aryl methyl sites for hydroxylation is 1. The highest BCUT2D eigenvalue weighted by Gasteiger charge is 2.19. The predicted molar refractivity (Wildman–Crippen MR) is 127 cm³/mol. The summed E-state index contributed by atoms with van der Waals surface area (Å²) >= 11 is 6.27. The van der Waals surface area contributed by atoms with Crippen molar-refractivity contribution in [2.45, 2.75) is 26.8 Å². The van der Waals surface area contributed by atoms with Gasteiger partial charge in [0.15, 0.2) is 11.1 Å². The van der Waals surface area contributed by atoms with Gasteiger partial charge in [-0.2, -0.15) is 0 Å². The Balaban J connectivity index is 1.67. The first-order chi connectivity index (χ1) is 15.4. The van der Waals surface area contributed by atoms with Crippen LogP contribution in [0.3, 0.4) is 0 Å². The number of hydrogen-bond donors (Lipinski definition) is 1. The molecule has 0 aliphatic carbocycles. The number of anilines is 1. The summed E-state index contributed by atoms with van der Waals surface area (Å²) in [6.07, 6.45) is 6.93. The third-order valence-corrected chi connectivity index (χ3v) is 5.96. The molecule has 0 bridgehead atoms. The normalized spacial score (nSPS) is 12.4. The van der Waals surface area contributed by atoms with Crippen LogP contribution in [0.4, 0.5) is 5.69 Å². The smallest absolute Gasteiger partial charge is 0.196 e. The molecule has 5 aromatic rings. The van der Waals surface area contributed by atoms with Gasteiger partial charge in [-0.05, 0) is 56.7 Å². The molecule has 0 aliphatic rings. The van der Waals surface area contributed by atoms with Gasteiger partial charge in [0.2, 0.25) is 0 Å². The highest BCUT2D eigenvalue weighted by atomic mass is 35.5. The number of nitrogens with zero attached hydrogens (tertiary/aromatic N) is 3. The van der Waals surface area contributed by atoms with Gasteiger partial charge >= 0.3 is 0 Å². The van der Waals surface area contributed by atoms with Crippen LogP contribution < -0.4 is 10.7 Å². The van der Waals surface area contributed by atoms with Crippen LogP contribution >= 0.6 is 11.6 Å². The third kappa shape index (κ3) is 3.33. The lowest BCUT2D eigenvalue weighted by Crippen LogP contribution is -2.13. The molecule has 1 aromatic carbocycles. The van der Waals surface area contributed by atoms with Gasteiger partial charge in [0.1, 0.15) is 16.5 Å². The number of fused-ring (bicyclic) bond motifs is 2. The topological polar surface area (TPSA) is 72.4 Å². The molecular formula is C25H21ClN4O2. The second kappa shape index (κ2) is 7.80. The van der Waals surface area contributed by atoms with E-state index in [9.17, 15) is 4.79 Å². The molecule has 1 unspecified atom stereocenters. The molecule has 0 saturated carbocycles. The summed E-state index contributed by atoms with van der Waals surface area (Å²) in [7, 11) is 0. The predicted octanol–water partition coefficient (Wildman–Crippen LogP) is 5.95. The van der Waals surface area contributed by atoms with Gasteiger partial charge in [0.05, 0.1) is 17.1 Å². The summed E-state index contributed by atoms with van der Waals surface area (Å²) in [6, 6.07) is 11.2. The van der Waals surface area contributed by atoms with Gasteiger partial charge in [-0.25, -0.2) is 4.98 Å². The maximum atomic E-state index is 13.3. The standard InChI is InChI=1S/C25H21ClN4O2/c1-14-11-18(16(3)29-20-6-7-21(26)30-10-9-28-25(20)30)24-19(12-14)22(31)15(2)23(32-24)17-5-4-8-27-13-17/h4-13,16,29H,1-3H3. The monoisotopic (exact) mass is 444 g/mol. The fraction of sp³-hybridized carbons (Fsp3) is 0.160. The van der Waals surface area contributed by atoms with Gasteiger partial charge < -0.3 is 9.73 Å². The molecule has 1 atom stereocenters. The first kappa shape index (κ1) is 20.3. The summed E-state index contributed by atoms with van der Waals surface area (Å²) in [5, 5.41) is 4.66. The zero-order chi connectivity index (χ0) is 22.4. The summed E-state index contributed by atoms with van der Waals surface area (Å²) in [5.41, 5.74) is 5.32. The molecule has 7 heteroatoms. The van der Waals surface area contributed by atoms with Gasteiger partial charge in [-0.3, -0.25) is 14.2 Å². The average Bonchev–Trinajstić information content (AvgIpc) is 3.30. The van der Waals surface area contributed by atoms with Crippen LogP contribution in [0, 0.1) is 13.8 Å². The van der Waals surface area contributed by atoms with E-state index in [1.165, 1.54) is 0 Å². The van der Waals surface area contributed by atoms with E-state index in [0.717, 1.165) is 28.0 Å². The zero-order valence-corrected chi connectivity index (χ0v) is 18.6. The van der Waals surface area contributed by atoms with Crippen LogP contribution in [0.25, 0.3) is 27.9 Å². The Morgan fingerprint density at radius 3 is 2.78 bits per heavy atom. The van der Waals surface area contributed by atoms with Crippen molar-refractivity contribution in [3.63, 3.8) is 0 Å². The van der Waals surface area contributed by atoms with E-state index in [4.69, 9.17) is 16.0 Å².